The van der Waals surface area contributed by atoms with E-state index >= 15 is 0 Å². The number of fused-ring (bicyclic) bond motifs is 1. The van der Waals surface area contributed by atoms with Gasteiger partial charge in [-0.25, -0.2) is 8.42 Å². The smallest absolute Gasteiger partial charge is 0.387 e. The van der Waals surface area contributed by atoms with Gasteiger partial charge in [-0.3, -0.25) is 4.79 Å². The zero-order valence-electron chi connectivity index (χ0n) is 14.9. The van der Waals surface area contributed by atoms with E-state index in [1.165, 1.54) is 17.0 Å². The van der Waals surface area contributed by atoms with Crippen molar-refractivity contribution in [2.45, 2.75) is 25.5 Å². The molecule has 2 fully saturated rings. The molecule has 2 heterocycles. The number of benzene rings is 2. The first-order valence-corrected chi connectivity index (χ1v) is 10.8. The van der Waals surface area contributed by atoms with Gasteiger partial charge in [0.2, 0.25) is 5.91 Å². The van der Waals surface area contributed by atoms with Gasteiger partial charge in [-0.1, -0.05) is 30.3 Å². The first-order valence-electron chi connectivity index (χ1n) is 8.96. The Hall–Kier alpha value is -2.48. The van der Waals surface area contributed by atoms with Crippen LogP contribution in [-0.2, 0) is 21.1 Å². The fraction of sp³-hybridized carbons (Fsp3) is 0.350. The normalized spacial score (nSPS) is 23.2. The molecule has 5 nitrogen and oxygen atoms in total. The molecule has 28 heavy (non-hydrogen) atoms. The van der Waals surface area contributed by atoms with E-state index in [9.17, 15) is 22.0 Å². The van der Waals surface area contributed by atoms with Crippen molar-refractivity contribution < 1.29 is 26.7 Å². The van der Waals surface area contributed by atoms with Crippen LogP contribution in [0.5, 0.6) is 5.75 Å². The van der Waals surface area contributed by atoms with Crippen LogP contribution in [0.15, 0.2) is 48.5 Å². The molecule has 2 aliphatic rings. The number of rotatable bonds is 5. The van der Waals surface area contributed by atoms with Gasteiger partial charge in [0, 0.05) is 30.0 Å². The second kappa shape index (κ2) is 7.16. The monoisotopic (exact) mass is 407 g/mol. The number of sulfone groups is 1. The highest BCUT2D eigenvalue weighted by Crippen LogP contribution is 2.39. The Balaban J connectivity index is 1.70. The Labute approximate surface area is 161 Å². The highest BCUT2D eigenvalue weighted by atomic mass is 32.2. The van der Waals surface area contributed by atoms with Crippen molar-refractivity contribution in [3.8, 4) is 5.75 Å². The average Bonchev–Trinajstić information content (AvgIpc) is 3.07. The number of carbonyl (C=O) groups is 1. The molecular formula is C20H19F2NO4S. The summed E-state index contributed by atoms with van der Waals surface area (Å²) >= 11 is 0. The van der Waals surface area contributed by atoms with Gasteiger partial charge in [-0.2, -0.15) is 8.78 Å². The minimum Gasteiger partial charge on any atom is -0.435 e. The number of anilines is 1. The lowest BCUT2D eigenvalue weighted by atomic mass is 10.0. The number of amides is 1. The maximum atomic E-state index is 12.8. The molecule has 0 saturated carbocycles. The molecular weight excluding hydrogens is 388 g/mol. The third-order valence-corrected chi connectivity index (χ3v) is 7.04. The zero-order valence-corrected chi connectivity index (χ0v) is 15.7. The molecule has 0 aromatic heterocycles. The number of alkyl halides is 2. The van der Waals surface area contributed by atoms with Crippen molar-refractivity contribution in [2.24, 2.45) is 5.92 Å². The summed E-state index contributed by atoms with van der Waals surface area (Å²) in [6.45, 7) is -2.96. The summed E-state index contributed by atoms with van der Waals surface area (Å²) in [6, 6.07) is 13.5. The molecule has 2 aromatic carbocycles. The Morgan fingerprint density at radius 1 is 1.11 bits per heavy atom. The van der Waals surface area contributed by atoms with Crippen LogP contribution >= 0.6 is 0 Å². The first kappa shape index (κ1) is 18.9. The quantitative estimate of drug-likeness (QED) is 0.764. The standard InChI is InChI=1S/C20H19F2NO4S/c21-20(22)27-18-7-6-16(9-14(18)8-13-4-2-1-3-5-13)23-17-12-28(25,26)11-15(17)10-19(23)24/h1-7,9,15,17,20H,8,10-12H2/t15-,17+/m0/s1. The second-order valence-electron chi connectivity index (χ2n) is 7.21. The Bertz CT molecular complexity index is 995. The van der Waals surface area contributed by atoms with E-state index in [4.69, 9.17) is 0 Å². The highest BCUT2D eigenvalue weighted by molar-refractivity contribution is 7.91. The highest BCUT2D eigenvalue weighted by Gasteiger charge is 2.49. The molecule has 0 radical (unpaired) electrons. The second-order valence-corrected chi connectivity index (χ2v) is 9.36. The predicted molar refractivity (Wildman–Crippen MR) is 100 cm³/mol. The number of hydrogen-bond acceptors (Lipinski definition) is 4. The molecule has 8 heteroatoms. The molecule has 4 rings (SSSR count). The fourth-order valence-electron chi connectivity index (χ4n) is 4.11. The van der Waals surface area contributed by atoms with Gasteiger partial charge in [0.05, 0.1) is 17.5 Å². The number of carbonyl (C=O) groups excluding carboxylic acids is 1. The van der Waals surface area contributed by atoms with Crippen LogP contribution in [0, 0.1) is 5.92 Å². The summed E-state index contributed by atoms with van der Waals surface area (Å²) in [5, 5.41) is 0. The number of nitrogens with zero attached hydrogens (tertiary/aromatic N) is 1. The van der Waals surface area contributed by atoms with Crippen LogP contribution in [0.3, 0.4) is 0 Å². The van der Waals surface area contributed by atoms with E-state index in [1.807, 2.05) is 30.3 Å². The van der Waals surface area contributed by atoms with Crippen LogP contribution in [0.4, 0.5) is 14.5 Å². The largest absolute Gasteiger partial charge is 0.435 e. The van der Waals surface area contributed by atoms with Gasteiger partial charge in [0.1, 0.15) is 5.75 Å². The van der Waals surface area contributed by atoms with Crippen LogP contribution in [0.25, 0.3) is 0 Å². The van der Waals surface area contributed by atoms with Crippen molar-refractivity contribution in [1.82, 2.24) is 0 Å². The minimum absolute atomic E-state index is 0.0172. The zero-order chi connectivity index (χ0) is 19.9. The number of hydrogen-bond donors (Lipinski definition) is 0. The van der Waals surface area contributed by atoms with E-state index in [1.54, 1.807) is 6.07 Å². The molecule has 2 atom stereocenters. The van der Waals surface area contributed by atoms with Gasteiger partial charge < -0.3 is 9.64 Å². The van der Waals surface area contributed by atoms with E-state index in [-0.39, 0.29) is 35.5 Å². The summed E-state index contributed by atoms with van der Waals surface area (Å²) in [5.74, 6) is -0.356. The minimum atomic E-state index is -3.17. The topological polar surface area (TPSA) is 63.7 Å². The van der Waals surface area contributed by atoms with Crippen molar-refractivity contribution in [2.75, 3.05) is 16.4 Å². The molecule has 148 valence electrons. The predicted octanol–water partition coefficient (Wildman–Crippen LogP) is 3.03. The lowest BCUT2D eigenvalue weighted by molar-refractivity contribution is -0.117. The van der Waals surface area contributed by atoms with E-state index in [0.29, 0.717) is 17.7 Å². The SMILES string of the molecule is O=C1C[C@H]2CS(=O)(=O)C[C@H]2N1c1ccc(OC(F)F)c(Cc2ccccc2)c1. The molecule has 0 N–H and O–H groups in total. The Kier molecular flexibility index (Phi) is 4.82. The van der Waals surface area contributed by atoms with Crippen LogP contribution in [-0.4, -0.2) is 38.5 Å². The van der Waals surface area contributed by atoms with Gasteiger partial charge in [-0.15, -0.1) is 0 Å². The summed E-state index contributed by atoms with van der Waals surface area (Å²) in [4.78, 5) is 14.0. The van der Waals surface area contributed by atoms with Crippen molar-refractivity contribution in [3.63, 3.8) is 0 Å². The number of ether oxygens (including phenoxy) is 1. The van der Waals surface area contributed by atoms with Gasteiger partial charge in [-0.05, 0) is 23.8 Å². The first-order chi connectivity index (χ1) is 13.3. The summed E-state index contributed by atoms with van der Waals surface area (Å²) < 4.78 is 54.2. The van der Waals surface area contributed by atoms with Gasteiger partial charge in [0.15, 0.2) is 9.84 Å². The third kappa shape index (κ3) is 3.73. The van der Waals surface area contributed by atoms with Crippen molar-refractivity contribution >= 4 is 21.4 Å². The molecule has 1 amide bonds. The number of halogens is 2. The van der Waals surface area contributed by atoms with Crippen LogP contribution in [0.1, 0.15) is 17.5 Å². The van der Waals surface area contributed by atoms with Crippen molar-refractivity contribution in [1.29, 1.82) is 0 Å². The van der Waals surface area contributed by atoms with Crippen LogP contribution < -0.4 is 9.64 Å². The summed E-state index contributed by atoms with van der Waals surface area (Å²) in [6.07, 6.45) is 0.540. The molecule has 0 unspecified atom stereocenters. The Morgan fingerprint density at radius 2 is 1.86 bits per heavy atom. The van der Waals surface area contributed by atoms with Gasteiger partial charge in [0.25, 0.3) is 0 Å². The third-order valence-electron chi connectivity index (χ3n) is 5.25. The maximum Gasteiger partial charge on any atom is 0.387 e. The van der Waals surface area contributed by atoms with E-state index < -0.39 is 22.5 Å². The maximum absolute atomic E-state index is 12.8. The molecule has 2 aliphatic heterocycles. The lowest BCUT2D eigenvalue weighted by Crippen LogP contribution is -2.36. The van der Waals surface area contributed by atoms with E-state index in [0.717, 1.165) is 5.56 Å². The molecule has 2 aromatic rings. The summed E-state index contributed by atoms with van der Waals surface area (Å²) in [5.41, 5.74) is 1.94. The fourth-order valence-corrected chi connectivity index (χ4v) is 6.18. The van der Waals surface area contributed by atoms with Crippen molar-refractivity contribution in [3.05, 3.63) is 59.7 Å². The molecule has 0 bridgehead atoms. The van der Waals surface area contributed by atoms with E-state index in [2.05, 4.69) is 4.74 Å². The van der Waals surface area contributed by atoms with Gasteiger partial charge >= 0.3 is 6.61 Å². The Morgan fingerprint density at radius 3 is 2.57 bits per heavy atom. The molecule has 0 spiro atoms. The molecule has 2 saturated heterocycles. The lowest BCUT2D eigenvalue weighted by Gasteiger charge is -2.24. The molecule has 0 aliphatic carbocycles. The van der Waals surface area contributed by atoms with Crippen LogP contribution in [0.2, 0.25) is 0 Å². The summed E-state index contributed by atoms with van der Waals surface area (Å²) in [7, 11) is -3.17. The average molecular weight is 407 g/mol.